The van der Waals surface area contributed by atoms with Crippen LogP contribution in [-0.4, -0.2) is 33.1 Å². The molecule has 0 unspecified atom stereocenters. The largest absolute Gasteiger partial charge is 0.456 e. The van der Waals surface area contributed by atoms with Gasteiger partial charge < -0.3 is 10.1 Å². The Balaban J connectivity index is 1.55. The van der Waals surface area contributed by atoms with E-state index >= 15 is 0 Å². The first-order chi connectivity index (χ1) is 13.7. The molecular formula is C22H26N4O3. The number of esters is 1. The molecule has 29 heavy (non-hydrogen) atoms. The van der Waals surface area contributed by atoms with Gasteiger partial charge in [0.05, 0.1) is 5.69 Å². The summed E-state index contributed by atoms with van der Waals surface area (Å²) >= 11 is 0. The molecule has 0 saturated heterocycles. The van der Waals surface area contributed by atoms with Gasteiger partial charge in [0, 0.05) is 29.6 Å². The zero-order chi connectivity index (χ0) is 21.1. The summed E-state index contributed by atoms with van der Waals surface area (Å²) in [6, 6.07) is 7.73. The number of ether oxygens (including phenoxy) is 1. The summed E-state index contributed by atoms with van der Waals surface area (Å²) in [6.07, 6.45) is 0.656. The molecule has 0 radical (unpaired) electrons. The summed E-state index contributed by atoms with van der Waals surface area (Å²) < 4.78 is 6.94. The number of aromatic nitrogens is 3. The Kier molecular flexibility index (Phi) is 5.96. The Labute approximate surface area is 170 Å². The van der Waals surface area contributed by atoms with Gasteiger partial charge in [-0.05, 0) is 63.8 Å². The standard InChI is InChI=1S/C22H26N4O3/c1-13-6-7-14(2)19(10-13)24-21(27)12-29-22(28)9-8-18-16(4)23-20-11-15(3)25-26(20)17(18)5/h6-7,10-11H,8-9,12H2,1-5H3,(H,24,27). The van der Waals surface area contributed by atoms with E-state index in [0.717, 1.165) is 45.1 Å². The van der Waals surface area contributed by atoms with Crippen molar-refractivity contribution in [1.82, 2.24) is 14.6 Å². The first kappa shape index (κ1) is 20.5. The van der Waals surface area contributed by atoms with E-state index in [0.29, 0.717) is 6.42 Å². The zero-order valence-electron chi connectivity index (χ0n) is 17.5. The topological polar surface area (TPSA) is 85.6 Å². The molecule has 0 bridgehead atoms. The van der Waals surface area contributed by atoms with Gasteiger partial charge in [0.2, 0.25) is 0 Å². The highest BCUT2D eigenvalue weighted by molar-refractivity contribution is 5.93. The molecule has 2 heterocycles. The second-order valence-corrected chi connectivity index (χ2v) is 7.34. The van der Waals surface area contributed by atoms with Crippen molar-refractivity contribution in [2.24, 2.45) is 0 Å². The van der Waals surface area contributed by atoms with Gasteiger partial charge in [0.15, 0.2) is 12.3 Å². The van der Waals surface area contributed by atoms with Crippen molar-refractivity contribution in [2.45, 2.75) is 47.5 Å². The molecule has 3 rings (SSSR count). The van der Waals surface area contributed by atoms with Gasteiger partial charge in [0.1, 0.15) is 0 Å². The number of nitrogens with one attached hydrogen (secondary N) is 1. The Morgan fingerprint density at radius 1 is 1.10 bits per heavy atom. The van der Waals surface area contributed by atoms with Gasteiger partial charge in [-0.3, -0.25) is 9.59 Å². The van der Waals surface area contributed by atoms with Crippen LogP contribution in [0.15, 0.2) is 24.3 Å². The summed E-state index contributed by atoms with van der Waals surface area (Å²) in [4.78, 5) is 28.8. The highest BCUT2D eigenvalue weighted by Crippen LogP contribution is 2.18. The van der Waals surface area contributed by atoms with E-state index in [1.807, 2.05) is 58.9 Å². The molecule has 152 valence electrons. The van der Waals surface area contributed by atoms with Crippen molar-refractivity contribution >= 4 is 23.2 Å². The molecule has 1 amide bonds. The quantitative estimate of drug-likeness (QED) is 0.648. The van der Waals surface area contributed by atoms with Crippen LogP contribution in [0, 0.1) is 34.6 Å². The van der Waals surface area contributed by atoms with Crippen LogP contribution in [0.2, 0.25) is 0 Å². The van der Waals surface area contributed by atoms with E-state index in [9.17, 15) is 9.59 Å². The van der Waals surface area contributed by atoms with Gasteiger partial charge in [-0.15, -0.1) is 0 Å². The predicted molar refractivity (Wildman–Crippen MR) is 111 cm³/mol. The minimum Gasteiger partial charge on any atom is -0.456 e. The molecule has 1 N–H and O–H groups in total. The highest BCUT2D eigenvalue weighted by Gasteiger charge is 2.14. The minimum atomic E-state index is -0.420. The number of nitrogens with zero attached hydrogens (tertiary/aromatic N) is 3. The number of carbonyl (C=O) groups excluding carboxylic acids is 2. The highest BCUT2D eigenvalue weighted by atomic mass is 16.5. The number of carbonyl (C=O) groups is 2. The van der Waals surface area contributed by atoms with E-state index in [1.54, 1.807) is 4.52 Å². The number of benzene rings is 1. The minimum absolute atomic E-state index is 0.172. The van der Waals surface area contributed by atoms with E-state index in [2.05, 4.69) is 15.4 Å². The maximum atomic E-state index is 12.1. The fraction of sp³-hybridized carbons (Fsp3) is 0.364. The van der Waals surface area contributed by atoms with Crippen LogP contribution in [0.1, 0.15) is 40.2 Å². The third-order valence-electron chi connectivity index (χ3n) is 4.90. The Hall–Kier alpha value is -3.22. The zero-order valence-corrected chi connectivity index (χ0v) is 17.5. The fourth-order valence-electron chi connectivity index (χ4n) is 3.31. The summed E-state index contributed by atoms with van der Waals surface area (Å²) in [5, 5.41) is 7.22. The number of rotatable bonds is 6. The molecule has 0 spiro atoms. The Morgan fingerprint density at radius 3 is 2.62 bits per heavy atom. The number of hydrogen-bond donors (Lipinski definition) is 1. The molecule has 0 aliphatic heterocycles. The third-order valence-corrected chi connectivity index (χ3v) is 4.90. The number of amides is 1. The molecule has 7 heteroatoms. The lowest BCUT2D eigenvalue weighted by atomic mass is 10.1. The van der Waals surface area contributed by atoms with Crippen LogP contribution in [0.4, 0.5) is 5.69 Å². The molecule has 0 fully saturated rings. The lowest BCUT2D eigenvalue weighted by Crippen LogP contribution is -2.21. The van der Waals surface area contributed by atoms with Gasteiger partial charge >= 0.3 is 5.97 Å². The van der Waals surface area contributed by atoms with Crippen molar-refractivity contribution < 1.29 is 14.3 Å². The van der Waals surface area contributed by atoms with Crippen LogP contribution in [-0.2, 0) is 20.7 Å². The monoisotopic (exact) mass is 394 g/mol. The first-order valence-electron chi connectivity index (χ1n) is 9.60. The Bertz CT molecular complexity index is 1090. The van der Waals surface area contributed by atoms with Crippen LogP contribution in [0.5, 0.6) is 0 Å². The molecule has 0 saturated carbocycles. The Morgan fingerprint density at radius 2 is 1.86 bits per heavy atom. The molecule has 1 aromatic carbocycles. The second-order valence-electron chi connectivity index (χ2n) is 7.34. The molecule has 3 aromatic rings. The van der Waals surface area contributed by atoms with Crippen LogP contribution in [0.25, 0.3) is 5.65 Å². The van der Waals surface area contributed by atoms with Crippen LogP contribution < -0.4 is 5.32 Å². The number of aryl methyl sites for hydroxylation is 5. The second kappa shape index (κ2) is 8.43. The van der Waals surface area contributed by atoms with E-state index in [-0.39, 0.29) is 18.9 Å². The number of anilines is 1. The average molecular weight is 394 g/mol. The maximum absolute atomic E-state index is 12.1. The normalized spacial score (nSPS) is 10.9. The fourth-order valence-corrected chi connectivity index (χ4v) is 3.31. The summed E-state index contributed by atoms with van der Waals surface area (Å²) in [6.45, 7) is 9.37. The first-order valence-corrected chi connectivity index (χ1v) is 9.60. The summed E-state index contributed by atoms with van der Waals surface area (Å²) in [5.74, 6) is -0.772. The lowest BCUT2D eigenvalue weighted by Gasteiger charge is -2.11. The molecule has 7 nitrogen and oxygen atoms in total. The van der Waals surface area contributed by atoms with Gasteiger partial charge in [-0.2, -0.15) is 5.10 Å². The maximum Gasteiger partial charge on any atom is 0.306 e. The number of fused-ring (bicyclic) bond motifs is 1. The van der Waals surface area contributed by atoms with Gasteiger partial charge in [-0.25, -0.2) is 9.50 Å². The van der Waals surface area contributed by atoms with E-state index in [1.165, 1.54) is 0 Å². The van der Waals surface area contributed by atoms with Crippen LogP contribution in [0.3, 0.4) is 0 Å². The van der Waals surface area contributed by atoms with E-state index in [4.69, 9.17) is 4.74 Å². The van der Waals surface area contributed by atoms with Gasteiger partial charge in [0.25, 0.3) is 5.91 Å². The van der Waals surface area contributed by atoms with Gasteiger partial charge in [-0.1, -0.05) is 12.1 Å². The summed E-state index contributed by atoms with van der Waals surface area (Å²) in [7, 11) is 0. The average Bonchev–Trinajstić information content (AvgIpc) is 3.03. The van der Waals surface area contributed by atoms with Crippen molar-refractivity contribution in [1.29, 1.82) is 0 Å². The third kappa shape index (κ3) is 4.80. The van der Waals surface area contributed by atoms with Crippen molar-refractivity contribution in [3.05, 3.63) is 58.0 Å². The SMILES string of the molecule is Cc1ccc(C)c(NC(=O)COC(=O)CCc2c(C)nc3cc(C)nn3c2C)c1. The summed E-state index contributed by atoms with van der Waals surface area (Å²) in [5.41, 5.74) is 7.22. The van der Waals surface area contributed by atoms with Crippen molar-refractivity contribution in [2.75, 3.05) is 11.9 Å². The molecule has 0 aliphatic carbocycles. The van der Waals surface area contributed by atoms with Crippen LogP contribution >= 0.6 is 0 Å². The molecule has 0 aliphatic rings. The number of hydrogen-bond acceptors (Lipinski definition) is 5. The molecule has 2 aromatic heterocycles. The smallest absolute Gasteiger partial charge is 0.306 e. The lowest BCUT2D eigenvalue weighted by molar-refractivity contribution is -0.147. The molecular weight excluding hydrogens is 368 g/mol. The van der Waals surface area contributed by atoms with E-state index < -0.39 is 5.97 Å². The van der Waals surface area contributed by atoms with Crippen molar-refractivity contribution in [3.63, 3.8) is 0 Å². The van der Waals surface area contributed by atoms with Crippen molar-refractivity contribution in [3.8, 4) is 0 Å². The predicted octanol–water partition coefficient (Wildman–Crippen LogP) is 3.39. The molecule has 0 atom stereocenters.